The summed E-state index contributed by atoms with van der Waals surface area (Å²) in [5.74, 6) is -0.238. The molecule has 0 aromatic rings. The van der Waals surface area contributed by atoms with Gasteiger partial charge in [-0.3, -0.25) is 4.79 Å². The summed E-state index contributed by atoms with van der Waals surface area (Å²) in [5, 5.41) is 3.28. The van der Waals surface area contributed by atoms with Gasteiger partial charge in [-0.15, -0.1) is 0 Å². The van der Waals surface area contributed by atoms with Crippen molar-refractivity contribution in [1.29, 1.82) is 0 Å². The third-order valence-electron chi connectivity index (χ3n) is 3.90. The van der Waals surface area contributed by atoms with Crippen molar-refractivity contribution in [3.63, 3.8) is 0 Å². The van der Waals surface area contributed by atoms with Crippen LogP contribution in [0.3, 0.4) is 0 Å². The number of rotatable bonds is 6. The van der Waals surface area contributed by atoms with E-state index in [0.717, 1.165) is 38.8 Å². The SMILES string of the molecule is CCNC1(C(N)=O)CCCC(OCCC(C)(C)C)C1. The maximum Gasteiger partial charge on any atom is 0.237 e. The minimum atomic E-state index is -0.556. The summed E-state index contributed by atoms with van der Waals surface area (Å²) in [6.45, 7) is 10.2. The molecule has 19 heavy (non-hydrogen) atoms. The zero-order chi connectivity index (χ0) is 14.5. The summed E-state index contributed by atoms with van der Waals surface area (Å²) in [5.41, 5.74) is 5.32. The molecule has 112 valence electrons. The van der Waals surface area contributed by atoms with Gasteiger partial charge < -0.3 is 15.8 Å². The molecule has 1 aliphatic carbocycles. The molecule has 0 aromatic carbocycles. The topological polar surface area (TPSA) is 64.3 Å². The van der Waals surface area contributed by atoms with E-state index in [9.17, 15) is 4.79 Å². The van der Waals surface area contributed by atoms with Crippen LogP contribution in [0.4, 0.5) is 0 Å². The van der Waals surface area contributed by atoms with E-state index in [1.807, 2.05) is 6.92 Å². The van der Waals surface area contributed by atoms with Crippen LogP contribution in [0.25, 0.3) is 0 Å². The zero-order valence-electron chi connectivity index (χ0n) is 12.9. The number of primary amides is 1. The number of likely N-dealkylation sites (N-methyl/N-ethyl adjacent to an activating group) is 1. The molecule has 0 heterocycles. The number of nitrogens with two attached hydrogens (primary N) is 1. The second-order valence-corrected chi connectivity index (χ2v) is 6.88. The van der Waals surface area contributed by atoms with Gasteiger partial charge in [-0.05, 0) is 37.6 Å². The fraction of sp³-hybridized carbons (Fsp3) is 0.933. The van der Waals surface area contributed by atoms with Crippen LogP contribution in [0.1, 0.15) is 59.8 Å². The molecule has 4 heteroatoms. The van der Waals surface area contributed by atoms with E-state index < -0.39 is 5.54 Å². The lowest BCUT2D eigenvalue weighted by atomic mass is 9.79. The van der Waals surface area contributed by atoms with Crippen LogP contribution in [-0.2, 0) is 9.53 Å². The molecule has 1 rings (SSSR count). The molecular weight excluding hydrogens is 240 g/mol. The maximum atomic E-state index is 11.7. The molecule has 1 amide bonds. The number of amides is 1. The van der Waals surface area contributed by atoms with Gasteiger partial charge in [0, 0.05) is 13.0 Å². The molecule has 0 saturated heterocycles. The van der Waals surface area contributed by atoms with Crippen molar-refractivity contribution in [1.82, 2.24) is 5.32 Å². The number of nitrogens with one attached hydrogen (secondary N) is 1. The van der Waals surface area contributed by atoms with Gasteiger partial charge in [0.25, 0.3) is 0 Å². The lowest BCUT2D eigenvalue weighted by Gasteiger charge is -2.39. The van der Waals surface area contributed by atoms with Gasteiger partial charge in [-0.1, -0.05) is 27.7 Å². The maximum absolute atomic E-state index is 11.7. The summed E-state index contributed by atoms with van der Waals surface area (Å²) in [6, 6.07) is 0. The smallest absolute Gasteiger partial charge is 0.237 e. The molecule has 1 aliphatic rings. The van der Waals surface area contributed by atoms with Crippen molar-refractivity contribution in [3.05, 3.63) is 0 Å². The molecule has 3 N–H and O–H groups in total. The molecule has 1 saturated carbocycles. The van der Waals surface area contributed by atoms with Crippen LogP contribution in [-0.4, -0.2) is 30.7 Å². The van der Waals surface area contributed by atoms with Crippen LogP contribution < -0.4 is 11.1 Å². The summed E-state index contributed by atoms with van der Waals surface area (Å²) >= 11 is 0. The van der Waals surface area contributed by atoms with Crippen molar-refractivity contribution in [2.75, 3.05) is 13.2 Å². The number of hydrogen-bond acceptors (Lipinski definition) is 3. The summed E-state index contributed by atoms with van der Waals surface area (Å²) < 4.78 is 5.96. The van der Waals surface area contributed by atoms with E-state index in [1.54, 1.807) is 0 Å². The van der Waals surface area contributed by atoms with Crippen molar-refractivity contribution < 1.29 is 9.53 Å². The fourth-order valence-corrected chi connectivity index (χ4v) is 2.71. The Morgan fingerprint density at radius 3 is 2.68 bits per heavy atom. The molecule has 0 radical (unpaired) electrons. The van der Waals surface area contributed by atoms with Crippen LogP contribution in [0, 0.1) is 5.41 Å². The van der Waals surface area contributed by atoms with Gasteiger partial charge in [-0.2, -0.15) is 0 Å². The Bertz CT molecular complexity index is 295. The van der Waals surface area contributed by atoms with E-state index in [4.69, 9.17) is 10.5 Å². The van der Waals surface area contributed by atoms with E-state index in [1.165, 1.54) is 0 Å². The number of ether oxygens (including phenoxy) is 1. The summed E-state index contributed by atoms with van der Waals surface area (Å²) in [7, 11) is 0. The molecule has 0 aromatic heterocycles. The Hall–Kier alpha value is -0.610. The molecule has 4 nitrogen and oxygen atoms in total. The third-order valence-corrected chi connectivity index (χ3v) is 3.90. The second kappa shape index (κ2) is 6.71. The molecular formula is C15H30N2O2. The first kappa shape index (κ1) is 16.4. The predicted molar refractivity (Wildman–Crippen MR) is 77.9 cm³/mol. The number of carbonyl (C=O) groups excluding carboxylic acids is 1. The Balaban J connectivity index is 2.51. The average Bonchev–Trinajstić information content (AvgIpc) is 2.28. The third kappa shape index (κ3) is 5.11. The zero-order valence-corrected chi connectivity index (χ0v) is 12.9. The predicted octanol–water partition coefficient (Wildman–Crippen LogP) is 2.22. The lowest BCUT2D eigenvalue weighted by molar-refractivity contribution is -0.128. The van der Waals surface area contributed by atoms with Crippen molar-refractivity contribution in [3.8, 4) is 0 Å². The molecule has 2 atom stereocenters. The molecule has 0 spiro atoms. The Labute approximate surface area is 117 Å². The lowest BCUT2D eigenvalue weighted by Crippen LogP contribution is -2.58. The standard InChI is InChI=1S/C15H30N2O2/c1-5-17-15(13(16)18)8-6-7-12(11-15)19-10-9-14(2,3)4/h12,17H,5-11H2,1-4H3,(H2,16,18). The van der Waals surface area contributed by atoms with Crippen LogP contribution in [0.15, 0.2) is 0 Å². The van der Waals surface area contributed by atoms with Gasteiger partial charge in [0.2, 0.25) is 5.91 Å². The van der Waals surface area contributed by atoms with Crippen LogP contribution in [0.2, 0.25) is 0 Å². The fourth-order valence-electron chi connectivity index (χ4n) is 2.71. The monoisotopic (exact) mass is 270 g/mol. The van der Waals surface area contributed by atoms with E-state index >= 15 is 0 Å². The number of carbonyl (C=O) groups is 1. The highest BCUT2D eigenvalue weighted by Gasteiger charge is 2.41. The Kier molecular flexibility index (Phi) is 5.81. The Morgan fingerprint density at radius 2 is 2.16 bits per heavy atom. The van der Waals surface area contributed by atoms with E-state index in [2.05, 4.69) is 26.1 Å². The van der Waals surface area contributed by atoms with Gasteiger partial charge >= 0.3 is 0 Å². The minimum absolute atomic E-state index is 0.155. The Morgan fingerprint density at radius 1 is 1.47 bits per heavy atom. The first-order valence-corrected chi connectivity index (χ1v) is 7.45. The van der Waals surface area contributed by atoms with E-state index in [0.29, 0.717) is 6.42 Å². The normalized spacial score (nSPS) is 28.3. The summed E-state index contributed by atoms with van der Waals surface area (Å²) in [6.07, 6.45) is 4.76. The van der Waals surface area contributed by atoms with Gasteiger partial charge in [0.05, 0.1) is 6.10 Å². The molecule has 1 fully saturated rings. The van der Waals surface area contributed by atoms with Crippen LogP contribution >= 0.6 is 0 Å². The average molecular weight is 270 g/mol. The van der Waals surface area contributed by atoms with Crippen molar-refractivity contribution in [2.45, 2.75) is 71.4 Å². The number of hydrogen-bond donors (Lipinski definition) is 2. The first-order chi connectivity index (χ1) is 8.79. The summed E-state index contributed by atoms with van der Waals surface area (Å²) in [4.78, 5) is 11.7. The molecule has 0 bridgehead atoms. The van der Waals surface area contributed by atoms with Gasteiger partial charge in [0.15, 0.2) is 0 Å². The van der Waals surface area contributed by atoms with Crippen molar-refractivity contribution >= 4 is 5.91 Å². The largest absolute Gasteiger partial charge is 0.378 e. The molecule has 0 aliphatic heterocycles. The van der Waals surface area contributed by atoms with E-state index in [-0.39, 0.29) is 17.4 Å². The first-order valence-electron chi connectivity index (χ1n) is 7.45. The van der Waals surface area contributed by atoms with Crippen molar-refractivity contribution in [2.24, 2.45) is 11.1 Å². The molecule has 2 unspecified atom stereocenters. The second-order valence-electron chi connectivity index (χ2n) is 6.88. The highest BCUT2D eigenvalue weighted by atomic mass is 16.5. The highest BCUT2D eigenvalue weighted by molar-refractivity contribution is 5.84. The minimum Gasteiger partial charge on any atom is -0.378 e. The van der Waals surface area contributed by atoms with Gasteiger partial charge in [-0.25, -0.2) is 0 Å². The quantitative estimate of drug-likeness (QED) is 0.778. The van der Waals surface area contributed by atoms with Gasteiger partial charge in [0.1, 0.15) is 5.54 Å². The van der Waals surface area contributed by atoms with Crippen LogP contribution in [0.5, 0.6) is 0 Å². The highest BCUT2D eigenvalue weighted by Crippen LogP contribution is 2.30.